The smallest absolute Gasteiger partial charge is 0.307 e. The van der Waals surface area contributed by atoms with Crippen LogP contribution in [0.4, 0.5) is 0 Å². The molecule has 0 N–H and O–H groups in total. The average Bonchev–Trinajstić information content (AvgIpc) is 3.07. The molecule has 5 aliphatic rings. The molecule has 4 heteroatoms. The first-order chi connectivity index (χ1) is 17.0. The zero-order valence-electron chi connectivity index (χ0n) is 23.9. The summed E-state index contributed by atoms with van der Waals surface area (Å²) < 4.78 is 6.06. The second kappa shape index (κ2) is 9.86. The number of Topliss-reactive ketones (excluding diaryl/α,β-unsaturated/α-hetero) is 1. The zero-order chi connectivity index (χ0) is 25.8. The number of carbonyl (C=O) groups excluding carboxylic acids is 2. The topological polar surface area (TPSA) is 46.6 Å². The number of piperidine rings is 1. The van der Waals surface area contributed by atoms with Crippen LogP contribution in [0.2, 0.25) is 0 Å². The summed E-state index contributed by atoms with van der Waals surface area (Å²) in [5.41, 5.74) is 1.99. The van der Waals surface area contributed by atoms with Crippen LogP contribution in [0.5, 0.6) is 0 Å². The lowest BCUT2D eigenvalue weighted by molar-refractivity contribution is -0.152. The van der Waals surface area contributed by atoms with Gasteiger partial charge in [-0.1, -0.05) is 46.3 Å². The summed E-state index contributed by atoms with van der Waals surface area (Å²) in [6.45, 7) is 16.8. The Labute approximate surface area is 220 Å². The number of rotatable bonds is 5. The maximum absolute atomic E-state index is 12.8. The van der Waals surface area contributed by atoms with Gasteiger partial charge in [0.05, 0.1) is 6.42 Å². The normalized spacial score (nSPS) is 46.8. The Hall–Kier alpha value is -1.16. The van der Waals surface area contributed by atoms with Crippen LogP contribution in [0.3, 0.4) is 0 Å². The van der Waals surface area contributed by atoms with E-state index in [-0.39, 0.29) is 28.8 Å². The highest BCUT2D eigenvalue weighted by molar-refractivity contribution is 5.80. The van der Waals surface area contributed by atoms with Gasteiger partial charge in [0.1, 0.15) is 11.9 Å². The summed E-state index contributed by atoms with van der Waals surface area (Å²) in [5, 5.41) is 0. The number of carbonyl (C=O) groups is 2. The lowest BCUT2D eigenvalue weighted by Crippen LogP contribution is -2.51. The quantitative estimate of drug-likeness (QED) is 0.314. The Kier molecular flexibility index (Phi) is 7.24. The van der Waals surface area contributed by atoms with Gasteiger partial charge >= 0.3 is 5.97 Å². The number of likely N-dealkylation sites (tertiary alicyclic amines) is 1. The monoisotopic (exact) mass is 497 g/mol. The highest BCUT2D eigenvalue weighted by Crippen LogP contribution is 2.67. The van der Waals surface area contributed by atoms with Gasteiger partial charge in [-0.3, -0.25) is 9.59 Å². The van der Waals surface area contributed by atoms with Gasteiger partial charge in [-0.05, 0) is 98.2 Å². The van der Waals surface area contributed by atoms with E-state index in [0.29, 0.717) is 35.9 Å². The van der Waals surface area contributed by atoms with E-state index in [2.05, 4.69) is 45.6 Å². The number of esters is 1. The molecule has 0 bridgehead atoms. The van der Waals surface area contributed by atoms with Crippen molar-refractivity contribution in [1.82, 2.24) is 4.90 Å². The Morgan fingerprint density at radius 1 is 1.03 bits per heavy atom. The molecule has 0 amide bonds. The lowest BCUT2D eigenvalue weighted by Gasteiger charge is -2.58. The first kappa shape index (κ1) is 26.4. The summed E-state index contributed by atoms with van der Waals surface area (Å²) in [6, 6.07) is 0. The van der Waals surface area contributed by atoms with E-state index in [1.807, 2.05) is 6.92 Å². The highest BCUT2D eigenvalue weighted by Gasteiger charge is 2.61. The third-order valence-electron chi connectivity index (χ3n) is 11.7. The second-order valence-corrected chi connectivity index (χ2v) is 14.4. The molecule has 0 aromatic heterocycles. The summed E-state index contributed by atoms with van der Waals surface area (Å²) >= 11 is 0. The molecule has 10 atom stereocenters. The minimum absolute atomic E-state index is 0.00702. The second-order valence-electron chi connectivity index (χ2n) is 14.4. The molecule has 1 aliphatic heterocycles. The molecule has 0 unspecified atom stereocenters. The van der Waals surface area contributed by atoms with Crippen molar-refractivity contribution in [3.05, 3.63) is 11.6 Å². The van der Waals surface area contributed by atoms with Gasteiger partial charge in [-0.15, -0.1) is 0 Å². The SMILES string of the molecule is CC(=O)[C@H]1[C@@H](C)C[C@H]2[C@@H]3CC=C4C[C@H](OC(=O)CCN5C[C@@H](C)C[C@H](C)C5)CC[C@]4(C)[C@H]3CC[C@@]21C. The molecule has 0 aromatic carbocycles. The van der Waals surface area contributed by atoms with Crippen molar-refractivity contribution in [1.29, 1.82) is 0 Å². The average molecular weight is 498 g/mol. The molecule has 4 nitrogen and oxygen atoms in total. The van der Waals surface area contributed by atoms with Crippen molar-refractivity contribution < 1.29 is 14.3 Å². The summed E-state index contributed by atoms with van der Waals surface area (Å²) in [7, 11) is 0. The van der Waals surface area contributed by atoms with Crippen LogP contribution in [0, 0.1) is 52.3 Å². The third-order valence-corrected chi connectivity index (χ3v) is 11.7. The predicted molar refractivity (Wildman–Crippen MR) is 144 cm³/mol. The van der Waals surface area contributed by atoms with Crippen LogP contribution in [-0.4, -0.2) is 42.4 Å². The van der Waals surface area contributed by atoms with Gasteiger partial charge in [0, 0.05) is 32.0 Å². The predicted octanol–water partition coefficient (Wildman–Crippen LogP) is 6.68. The molecule has 0 aromatic rings. The molecular weight excluding hydrogens is 446 g/mol. The van der Waals surface area contributed by atoms with Crippen molar-refractivity contribution in [2.45, 2.75) is 105 Å². The standard InChI is InChI=1S/C32H51NO3/c1-20-15-21(2)19-33(18-20)14-11-29(35)36-25-9-12-31(5)24(17-25)7-8-26-27(31)10-13-32(6)28(26)16-22(3)30(32)23(4)34/h7,20-22,25-28,30H,8-19H2,1-6H3/t20-,21-,22-,25+,26+,27-,28-,30+,31-,32-/m0/s1. The van der Waals surface area contributed by atoms with Crippen molar-refractivity contribution in [2.24, 2.45) is 52.3 Å². The van der Waals surface area contributed by atoms with E-state index >= 15 is 0 Å². The van der Waals surface area contributed by atoms with Crippen molar-refractivity contribution in [2.75, 3.05) is 19.6 Å². The Balaban J connectivity index is 1.20. The molecule has 36 heavy (non-hydrogen) atoms. The fraction of sp³-hybridized carbons (Fsp3) is 0.875. The van der Waals surface area contributed by atoms with Gasteiger partial charge in [0.15, 0.2) is 0 Å². The van der Waals surface area contributed by atoms with Gasteiger partial charge in [-0.25, -0.2) is 0 Å². The minimum Gasteiger partial charge on any atom is -0.462 e. The summed E-state index contributed by atoms with van der Waals surface area (Å²) in [5.74, 6) is 4.71. The van der Waals surface area contributed by atoms with Crippen LogP contribution >= 0.6 is 0 Å². The van der Waals surface area contributed by atoms with E-state index in [9.17, 15) is 9.59 Å². The molecule has 5 rings (SSSR count). The number of allylic oxidation sites excluding steroid dienone is 1. The van der Waals surface area contributed by atoms with Crippen LogP contribution in [0.25, 0.3) is 0 Å². The number of nitrogens with zero attached hydrogens (tertiary/aromatic N) is 1. The Bertz CT molecular complexity index is 886. The summed E-state index contributed by atoms with van der Waals surface area (Å²) in [4.78, 5) is 27.8. The lowest BCUT2D eigenvalue weighted by atomic mass is 9.47. The van der Waals surface area contributed by atoms with Crippen molar-refractivity contribution >= 4 is 11.8 Å². The molecule has 0 spiro atoms. The molecule has 0 radical (unpaired) electrons. The van der Waals surface area contributed by atoms with Gasteiger partial charge in [0.2, 0.25) is 0 Å². The zero-order valence-corrected chi connectivity index (χ0v) is 23.9. The Morgan fingerprint density at radius 2 is 1.75 bits per heavy atom. The molecule has 1 heterocycles. The maximum Gasteiger partial charge on any atom is 0.307 e. The molecule has 3 saturated carbocycles. The van der Waals surface area contributed by atoms with Gasteiger partial charge in [-0.2, -0.15) is 0 Å². The number of ketones is 1. The highest BCUT2D eigenvalue weighted by atomic mass is 16.5. The summed E-state index contributed by atoms with van der Waals surface area (Å²) in [6.07, 6.45) is 12.3. The first-order valence-electron chi connectivity index (χ1n) is 15.1. The van der Waals surface area contributed by atoms with Crippen molar-refractivity contribution in [3.63, 3.8) is 0 Å². The van der Waals surface area contributed by atoms with E-state index in [0.717, 1.165) is 57.2 Å². The fourth-order valence-electron chi connectivity index (χ4n) is 10.4. The van der Waals surface area contributed by atoms with Gasteiger partial charge in [0.25, 0.3) is 0 Å². The largest absolute Gasteiger partial charge is 0.462 e. The Morgan fingerprint density at radius 3 is 2.44 bits per heavy atom. The fourth-order valence-corrected chi connectivity index (χ4v) is 10.4. The molecule has 4 aliphatic carbocycles. The third kappa shape index (κ3) is 4.63. The number of ether oxygens (including phenoxy) is 1. The van der Waals surface area contributed by atoms with Gasteiger partial charge < -0.3 is 9.64 Å². The number of hydrogen-bond donors (Lipinski definition) is 0. The minimum atomic E-state index is -0.00702. The van der Waals surface area contributed by atoms with Crippen LogP contribution < -0.4 is 0 Å². The number of hydrogen-bond acceptors (Lipinski definition) is 4. The van der Waals surface area contributed by atoms with E-state index < -0.39 is 0 Å². The van der Waals surface area contributed by atoms with E-state index in [4.69, 9.17) is 4.74 Å². The maximum atomic E-state index is 12.8. The first-order valence-corrected chi connectivity index (χ1v) is 15.1. The molecule has 202 valence electrons. The molecule has 1 saturated heterocycles. The molecular formula is C32H51NO3. The van der Waals surface area contributed by atoms with Crippen LogP contribution in [0.15, 0.2) is 11.6 Å². The van der Waals surface area contributed by atoms with E-state index in [1.165, 1.54) is 25.7 Å². The number of fused-ring (bicyclic) bond motifs is 5. The van der Waals surface area contributed by atoms with Crippen molar-refractivity contribution in [3.8, 4) is 0 Å². The van der Waals surface area contributed by atoms with E-state index in [1.54, 1.807) is 5.57 Å². The van der Waals surface area contributed by atoms with Crippen LogP contribution in [-0.2, 0) is 14.3 Å². The van der Waals surface area contributed by atoms with Crippen LogP contribution in [0.1, 0.15) is 99.3 Å². The molecule has 4 fully saturated rings.